The van der Waals surface area contributed by atoms with Crippen LogP contribution in [0.5, 0.6) is 17.2 Å². The summed E-state index contributed by atoms with van der Waals surface area (Å²) in [6.45, 7) is 0. The van der Waals surface area contributed by atoms with Crippen LogP contribution in [0.15, 0.2) is 69.1 Å². The lowest BCUT2D eigenvalue weighted by Crippen LogP contribution is -2.53. The van der Waals surface area contributed by atoms with E-state index in [0.29, 0.717) is 36.8 Å². The van der Waals surface area contributed by atoms with Crippen molar-refractivity contribution in [3.63, 3.8) is 0 Å². The van der Waals surface area contributed by atoms with Crippen LogP contribution in [0.2, 0.25) is 10.0 Å². The second-order valence-corrected chi connectivity index (χ2v) is 15.1. The minimum Gasteiger partial charge on any atom is -0.503 e. The fraction of sp³-hybridized carbons (Fsp3) is 0.286. The van der Waals surface area contributed by atoms with E-state index >= 15 is 4.79 Å². The molecule has 1 saturated carbocycles. The summed E-state index contributed by atoms with van der Waals surface area (Å²) in [5.41, 5.74) is 8.50. The molecule has 0 bridgehead atoms. The van der Waals surface area contributed by atoms with E-state index < -0.39 is 64.7 Å². The zero-order chi connectivity index (χ0) is 36.7. The Morgan fingerprint density at radius 1 is 0.961 bits per heavy atom. The van der Waals surface area contributed by atoms with Gasteiger partial charge in [0.1, 0.15) is 5.75 Å². The number of likely N-dealkylation sites (tertiary alicyclic amines) is 1. The third kappa shape index (κ3) is 5.08. The standard InChI is InChI=1S/C35H28Br2Cl2N4O8/c1-50-16-6-3-14(4-7-16)35-21(31(46)43(33(35)48)41-23-10-5-15(38)11-22(23)39)12-19-17(8-9-18-25(19)32(47)42(30(18)45)34(40)49)26(35)20-13-24(51-2)29(44)28(37)27(20)36/h3-8,10-11,13,18-19,21,25-26,41,44H,9,12H2,1-2H3,(H2,40,49). The number of primary amides is 1. The van der Waals surface area contributed by atoms with Gasteiger partial charge in [-0.2, -0.15) is 9.91 Å². The smallest absolute Gasteiger partial charge is 0.328 e. The highest BCUT2D eigenvalue weighted by Crippen LogP contribution is 2.65. The molecule has 3 aromatic carbocycles. The number of ether oxygens (including phenoxy) is 2. The van der Waals surface area contributed by atoms with Crippen molar-refractivity contribution in [1.82, 2.24) is 9.91 Å². The number of phenols is 1. The number of rotatable bonds is 6. The number of carbonyl (C=O) groups is 5. The molecule has 16 heteroatoms. The molecule has 3 aromatic rings. The number of benzene rings is 3. The Kier molecular flexibility index (Phi) is 8.88. The molecule has 0 aromatic heterocycles. The largest absolute Gasteiger partial charge is 0.503 e. The van der Waals surface area contributed by atoms with E-state index in [1.807, 2.05) is 6.08 Å². The van der Waals surface area contributed by atoms with Crippen LogP contribution < -0.4 is 20.6 Å². The van der Waals surface area contributed by atoms with E-state index in [1.54, 1.807) is 36.4 Å². The molecule has 6 atom stereocenters. The fourth-order valence-corrected chi connectivity index (χ4v) is 9.79. The second-order valence-electron chi connectivity index (χ2n) is 12.7. The van der Waals surface area contributed by atoms with Gasteiger partial charge in [-0.05, 0) is 98.1 Å². The first kappa shape index (κ1) is 35.3. The maximum Gasteiger partial charge on any atom is 0.328 e. The van der Waals surface area contributed by atoms with Crippen LogP contribution in [0.1, 0.15) is 29.9 Å². The number of phenolic OH excluding ortho intramolecular Hbond substituents is 1. The second kappa shape index (κ2) is 12.8. The predicted octanol–water partition coefficient (Wildman–Crippen LogP) is 6.30. The summed E-state index contributed by atoms with van der Waals surface area (Å²) in [4.78, 5) is 70.3. The number of halogens is 4. The number of methoxy groups -OCH3 is 2. The number of carbonyl (C=O) groups excluding carboxylic acids is 5. The molecular weight excluding hydrogens is 835 g/mol. The number of hydrogen-bond donors (Lipinski definition) is 3. The molecule has 4 N–H and O–H groups in total. The summed E-state index contributed by atoms with van der Waals surface area (Å²) in [5.74, 6) is -7.15. The number of hydrogen-bond acceptors (Lipinski definition) is 9. The molecule has 2 aliphatic carbocycles. The number of nitrogens with one attached hydrogen (secondary N) is 1. The van der Waals surface area contributed by atoms with Gasteiger partial charge < -0.3 is 20.3 Å². The maximum atomic E-state index is 15.4. The number of urea groups is 1. The van der Waals surface area contributed by atoms with Crippen molar-refractivity contribution in [2.45, 2.75) is 24.2 Å². The minimum atomic E-state index is -1.68. The van der Waals surface area contributed by atoms with Crippen LogP contribution >= 0.6 is 55.1 Å². The van der Waals surface area contributed by atoms with Gasteiger partial charge in [0.05, 0.1) is 52.6 Å². The number of nitrogens with zero attached hydrogens (tertiary/aromatic N) is 2. The Balaban J connectivity index is 1.52. The number of amides is 6. The van der Waals surface area contributed by atoms with Crippen LogP contribution in [0.25, 0.3) is 0 Å². The molecule has 0 spiro atoms. The third-order valence-corrected chi connectivity index (χ3v) is 13.2. The van der Waals surface area contributed by atoms with Gasteiger partial charge in [0.25, 0.3) is 11.8 Å². The van der Waals surface area contributed by atoms with E-state index in [9.17, 15) is 24.3 Å². The molecule has 4 aliphatic rings. The number of allylic oxidation sites excluding steroid dienone is 2. The number of nitrogens with two attached hydrogens (primary N) is 1. The first-order chi connectivity index (χ1) is 24.3. The van der Waals surface area contributed by atoms with Crippen molar-refractivity contribution in [2.75, 3.05) is 19.6 Å². The topological polar surface area (TPSA) is 169 Å². The van der Waals surface area contributed by atoms with Crippen LogP contribution in [0, 0.1) is 23.7 Å². The SMILES string of the molecule is COc1ccc(C23C(=O)N(Nc4ccc(Cl)cc4Cl)C(=O)C2CC2C(=CCC4C(=O)N(C(N)=O)C(=O)C42)C3c2cc(OC)c(O)c(Br)c2Br)cc1. The van der Waals surface area contributed by atoms with Crippen molar-refractivity contribution in [1.29, 1.82) is 0 Å². The molecule has 0 radical (unpaired) electrons. The van der Waals surface area contributed by atoms with E-state index in [4.69, 9.17) is 38.4 Å². The number of fused-ring (bicyclic) bond motifs is 4. The van der Waals surface area contributed by atoms with Crippen LogP contribution in [-0.4, -0.2) is 58.9 Å². The lowest BCUT2D eigenvalue weighted by molar-refractivity contribution is -0.139. The van der Waals surface area contributed by atoms with Gasteiger partial charge in [-0.25, -0.2) is 4.79 Å². The normalized spacial score (nSPS) is 26.8. The van der Waals surface area contributed by atoms with Crippen LogP contribution in [0.4, 0.5) is 10.5 Å². The van der Waals surface area contributed by atoms with E-state index in [1.165, 1.54) is 26.4 Å². The first-order valence-corrected chi connectivity index (χ1v) is 18.0. The molecule has 2 aliphatic heterocycles. The molecule has 12 nitrogen and oxygen atoms in total. The number of hydrazine groups is 1. The molecule has 3 fully saturated rings. The van der Waals surface area contributed by atoms with Crippen molar-refractivity contribution in [3.8, 4) is 17.2 Å². The lowest BCUT2D eigenvalue weighted by Gasteiger charge is -2.51. The van der Waals surface area contributed by atoms with E-state index in [2.05, 4.69) is 37.3 Å². The highest BCUT2D eigenvalue weighted by molar-refractivity contribution is 9.13. The zero-order valence-corrected chi connectivity index (χ0v) is 31.5. The Morgan fingerprint density at radius 3 is 2.29 bits per heavy atom. The molecule has 51 heavy (non-hydrogen) atoms. The highest BCUT2D eigenvalue weighted by atomic mass is 79.9. The van der Waals surface area contributed by atoms with E-state index in [-0.39, 0.29) is 39.5 Å². The van der Waals surface area contributed by atoms with Crippen LogP contribution in [0.3, 0.4) is 0 Å². The number of anilines is 1. The molecule has 2 heterocycles. The maximum absolute atomic E-state index is 15.4. The van der Waals surface area contributed by atoms with Crippen molar-refractivity contribution in [2.24, 2.45) is 29.4 Å². The minimum absolute atomic E-state index is 0.0355. The number of imide groups is 4. The van der Waals surface area contributed by atoms with Gasteiger partial charge in [-0.3, -0.25) is 24.6 Å². The Bertz CT molecular complexity index is 2100. The molecule has 6 unspecified atom stereocenters. The molecule has 7 rings (SSSR count). The van der Waals surface area contributed by atoms with Gasteiger partial charge in [-0.1, -0.05) is 47.0 Å². The lowest BCUT2D eigenvalue weighted by atomic mass is 9.49. The summed E-state index contributed by atoms with van der Waals surface area (Å²) in [7, 11) is 2.88. The van der Waals surface area contributed by atoms with Gasteiger partial charge >= 0.3 is 6.03 Å². The van der Waals surface area contributed by atoms with Crippen molar-refractivity contribution in [3.05, 3.63) is 90.3 Å². The van der Waals surface area contributed by atoms with Gasteiger partial charge in [0.15, 0.2) is 11.5 Å². The average Bonchev–Trinajstić information content (AvgIpc) is 3.49. The molecule has 6 amide bonds. The van der Waals surface area contributed by atoms with Crippen molar-refractivity contribution < 1.29 is 38.6 Å². The van der Waals surface area contributed by atoms with Gasteiger partial charge in [0, 0.05) is 15.4 Å². The Morgan fingerprint density at radius 2 is 1.67 bits per heavy atom. The zero-order valence-electron chi connectivity index (χ0n) is 26.8. The van der Waals surface area contributed by atoms with E-state index in [0.717, 1.165) is 5.01 Å². The molecule has 2 saturated heterocycles. The predicted molar refractivity (Wildman–Crippen MR) is 192 cm³/mol. The molecule has 264 valence electrons. The summed E-state index contributed by atoms with van der Waals surface area (Å²) in [5, 5.41) is 12.4. The highest BCUT2D eigenvalue weighted by Gasteiger charge is 2.71. The summed E-state index contributed by atoms with van der Waals surface area (Å²) in [6, 6.07) is 11.8. The van der Waals surface area contributed by atoms with Gasteiger partial charge in [0.2, 0.25) is 11.8 Å². The van der Waals surface area contributed by atoms with Crippen LogP contribution in [-0.2, 0) is 24.6 Å². The Labute approximate surface area is 318 Å². The Hall–Kier alpha value is -4.11. The molecular formula is C35H28Br2Cl2N4O8. The first-order valence-electron chi connectivity index (χ1n) is 15.6. The quantitative estimate of drug-likeness (QED) is 0.190. The third-order valence-electron chi connectivity index (χ3n) is 10.5. The monoisotopic (exact) mass is 860 g/mol. The summed E-state index contributed by atoms with van der Waals surface area (Å²) >= 11 is 19.7. The van der Waals surface area contributed by atoms with Gasteiger partial charge in [-0.15, -0.1) is 0 Å². The summed E-state index contributed by atoms with van der Waals surface area (Å²) < 4.78 is 11.6. The summed E-state index contributed by atoms with van der Waals surface area (Å²) in [6.07, 6.45) is 1.85. The van der Waals surface area contributed by atoms with Crippen molar-refractivity contribution >= 4 is 90.4 Å². The number of aromatic hydroxyl groups is 1. The average molecular weight is 863 g/mol. The fourth-order valence-electron chi connectivity index (χ4n) is 8.38.